The van der Waals surface area contributed by atoms with Gasteiger partial charge >= 0.3 is 6.03 Å². The Bertz CT molecular complexity index is 612. The van der Waals surface area contributed by atoms with Gasteiger partial charge in [0, 0.05) is 19.2 Å². The number of hydrogen-bond acceptors (Lipinski definition) is 5. The van der Waals surface area contributed by atoms with E-state index >= 15 is 0 Å². The lowest BCUT2D eigenvalue weighted by molar-refractivity contribution is 0.142. The molecule has 1 heterocycles. The van der Waals surface area contributed by atoms with E-state index in [1.807, 2.05) is 30.3 Å². The molecular weight excluding hydrogens is 284 g/mol. The van der Waals surface area contributed by atoms with Crippen molar-refractivity contribution in [2.24, 2.45) is 0 Å². The number of aromatic nitrogens is 2. The molecule has 2 rings (SSSR count). The van der Waals surface area contributed by atoms with E-state index in [9.17, 15) is 9.90 Å². The second-order valence-electron chi connectivity index (χ2n) is 5.22. The maximum atomic E-state index is 12.0. The standard InChI is InChI=1S/C15H20N4O3/c1-10(20)9-19(3)15(21)16-11(2)13-17-14(22-18-13)12-7-5-4-6-8-12/h4-8,10-11,20H,9H2,1-3H3,(H,16,21). The topological polar surface area (TPSA) is 91.5 Å². The summed E-state index contributed by atoms with van der Waals surface area (Å²) in [6, 6.07) is 8.71. The number of urea groups is 1. The Morgan fingerprint density at radius 3 is 2.68 bits per heavy atom. The fraction of sp³-hybridized carbons (Fsp3) is 0.400. The first-order valence-electron chi connectivity index (χ1n) is 7.06. The second-order valence-corrected chi connectivity index (χ2v) is 5.22. The number of carbonyl (C=O) groups excluding carboxylic acids is 1. The minimum absolute atomic E-state index is 0.250. The highest BCUT2D eigenvalue weighted by Crippen LogP contribution is 2.18. The molecule has 0 saturated heterocycles. The molecule has 1 aromatic heterocycles. The lowest BCUT2D eigenvalue weighted by Crippen LogP contribution is -2.41. The molecule has 2 N–H and O–H groups in total. The average Bonchev–Trinajstić information content (AvgIpc) is 2.97. The minimum Gasteiger partial charge on any atom is -0.392 e. The lowest BCUT2D eigenvalue weighted by Gasteiger charge is -2.21. The summed E-state index contributed by atoms with van der Waals surface area (Å²) in [6.07, 6.45) is -0.582. The van der Waals surface area contributed by atoms with Crippen LogP contribution >= 0.6 is 0 Å². The van der Waals surface area contributed by atoms with Crippen LogP contribution < -0.4 is 5.32 Å². The molecule has 0 spiro atoms. The van der Waals surface area contributed by atoms with Crippen molar-refractivity contribution in [3.8, 4) is 11.5 Å². The molecular formula is C15H20N4O3. The van der Waals surface area contributed by atoms with Gasteiger partial charge in [0.05, 0.1) is 12.1 Å². The van der Waals surface area contributed by atoms with Crippen LogP contribution in [0.4, 0.5) is 4.79 Å². The summed E-state index contributed by atoms with van der Waals surface area (Å²) >= 11 is 0. The van der Waals surface area contributed by atoms with Crippen LogP contribution in [-0.2, 0) is 0 Å². The molecule has 22 heavy (non-hydrogen) atoms. The highest BCUT2D eigenvalue weighted by atomic mass is 16.5. The van der Waals surface area contributed by atoms with Crippen LogP contribution in [0.15, 0.2) is 34.9 Å². The number of rotatable bonds is 5. The number of amides is 2. The number of nitrogens with zero attached hydrogens (tertiary/aromatic N) is 3. The average molecular weight is 304 g/mol. The Balaban J connectivity index is 2.00. The van der Waals surface area contributed by atoms with Gasteiger partial charge in [0.1, 0.15) is 0 Å². The van der Waals surface area contributed by atoms with Crippen LogP contribution in [0.5, 0.6) is 0 Å². The van der Waals surface area contributed by atoms with Crippen molar-refractivity contribution in [2.75, 3.05) is 13.6 Å². The van der Waals surface area contributed by atoms with Gasteiger partial charge in [-0.25, -0.2) is 4.79 Å². The summed E-state index contributed by atoms with van der Waals surface area (Å²) in [5.41, 5.74) is 0.825. The lowest BCUT2D eigenvalue weighted by atomic mass is 10.2. The van der Waals surface area contributed by atoms with Crippen molar-refractivity contribution in [3.05, 3.63) is 36.2 Å². The van der Waals surface area contributed by atoms with E-state index in [1.165, 1.54) is 4.90 Å². The number of likely N-dealkylation sites (N-methyl/N-ethyl adjacent to an activating group) is 1. The summed E-state index contributed by atoms with van der Waals surface area (Å²) in [5.74, 6) is 0.812. The van der Waals surface area contributed by atoms with Crippen molar-refractivity contribution >= 4 is 6.03 Å². The Hall–Kier alpha value is -2.41. The van der Waals surface area contributed by atoms with Crippen molar-refractivity contribution in [1.82, 2.24) is 20.4 Å². The van der Waals surface area contributed by atoms with Crippen LogP contribution in [0.1, 0.15) is 25.7 Å². The number of nitrogens with one attached hydrogen (secondary N) is 1. The number of benzene rings is 1. The fourth-order valence-corrected chi connectivity index (χ4v) is 1.95. The molecule has 118 valence electrons. The van der Waals surface area contributed by atoms with Gasteiger partial charge in [0.15, 0.2) is 5.82 Å². The molecule has 0 radical (unpaired) electrons. The number of carbonyl (C=O) groups is 1. The monoisotopic (exact) mass is 304 g/mol. The van der Waals surface area contributed by atoms with Crippen LogP contribution in [0.3, 0.4) is 0 Å². The van der Waals surface area contributed by atoms with E-state index < -0.39 is 12.1 Å². The normalized spacial score (nSPS) is 13.5. The van der Waals surface area contributed by atoms with Gasteiger partial charge in [-0.3, -0.25) is 0 Å². The molecule has 2 amide bonds. The molecule has 2 atom stereocenters. The van der Waals surface area contributed by atoms with Crippen molar-refractivity contribution < 1.29 is 14.4 Å². The van der Waals surface area contributed by atoms with Crippen molar-refractivity contribution in [3.63, 3.8) is 0 Å². The van der Waals surface area contributed by atoms with E-state index in [1.54, 1.807) is 20.9 Å². The Morgan fingerprint density at radius 2 is 2.05 bits per heavy atom. The van der Waals surface area contributed by atoms with Gasteiger partial charge in [-0.05, 0) is 26.0 Å². The SMILES string of the molecule is CC(O)CN(C)C(=O)NC(C)c1noc(-c2ccccc2)n1. The van der Waals surface area contributed by atoms with Crippen molar-refractivity contribution in [1.29, 1.82) is 0 Å². The van der Waals surface area contributed by atoms with Crippen LogP contribution in [0.2, 0.25) is 0 Å². The first-order valence-corrected chi connectivity index (χ1v) is 7.06. The third-order valence-corrected chi connectivity index (χ3v) is 3.07. The Kier molecular flexibility index (Phi) is 5.11. The van der Waals surface area contributed by atoms with Gasteiger partial charge < -0.3 is 19.8 Å². The second kappa shape index (κ2) is 7.04. The Morgan fingerprint density at radius 1 is 1.36 bits per heavy atom. The number of aliphatic hydroxyl groups excluding tert-OH is 1. The minimum atomic E-state index is -0.582. The first kappa shape index (κ1) is 16.0. The highest BCUT2D eigenvalue weighted by molar-refractivity contribution is 5.74. The van der Waals surface area contributed by atoms with Gasteiger partial charge in [-0.2, -0.15) is 4.98 Å². The van der Waals surface area contributed by atoms with Crippen LogP contribution in [0.25, 0.3) is 11.5 Å². The summed E-state index contributed by atoms with van der Waals surface area (Å²) in [4.78, 5) is 17.7. The summed E-state index contributed by atoms with van der Waals surface area (Å²) in [6.45, 7) is 3.65. The third-order valence-electron chi connectivity index (χ3n) is 3.07. The molecule has 7 nitrogen and oxygen atoms in total. The van der Waals surface area contributed by atoms with Gasteiger partial charge in [0.2, 0.25) is 0 Å². The fourth-order valence-electron chi connectivity index (χ4n) is 1.95. The molecule has 0 saturated carbocycles. The molecule has 7 heteroatoms. The quantitative estimate of drug-likeness (QED) is 0.879. The highest BCUT2D eigenvalue weighted by Gasteiger charge is 2.19. The molecule has 0 aliphatic carbocycles. The third kappa shape index (κ3) is 4.05. The number of hydrogen-bond donors (Lipinski definition) is 2. The van der Waals surface area contributed by atoms with Crippen molar-refractivity contribution in [2.45, 2.75) is 26.0 Å². The van der Waals surface area contributed by atoms with Gasteiger partial charge in [-0.1, -0.05) is 23.4 Å². The van der Waals surface area contributed by atoms with Crippen LogP contribution in [-0.4, -0.2) is 45.9 Å². The molecule has 0 aliphatic rings. The zero-order valence-electron chi connectivity index (χ0n) is 12.9. The molecule has 2 unspecified atom stereocenters. The Labute approximate surface area is 128 Å². The molecule has 0 aliphatic heterocycles. The molecule has 2 aromatic rings. The zero-order chi connectivity index (χ0) is 16.1. The van der Waals surface area contributed by atoms with Gasteiger partial charge in [-0.15, -0.1) is 0 Å². The maximum Gasteiger partial charge on any atom is 0.317 e. The molecule has 0 fully saturated rings. The van der Waals surface area contributed by atoms with E-state index in [-0.39, 0.29) is 12.6 Å². The largest absolute Gasteiger partial charge is 0.392 e. The smallest absolute Gasteiger partial charge is 0.317 e. The van der Waals surface area contributed by atoms with E-state index in [0.29, 0.717) is 11.7 Å². The van der Waals surface area contributed by atoms with E-state index in [0.717, 1.165) is 5.56 Å². The predicted molar refractivity (Wildman–Crippen MR) is 81.0 cm³/mol. The summed E-state index contributed by atoms with van der Waals surface area (Å²) in [7, 11) is 1.61. The molecule has 1 aromatic carbocycles. The zero-order valence-corrected chi connectivity index (χ0v) is 12.9. The summed E-state index contributed by atoms with van der Waals surface area (Å²) in [5, 5.41) is 15.9. The van der Waals surface area contributed by atoms with Crippen LogP contribution in [0, 0.1) is 0 Å². The molecule has 0 bridgehead atoms. The van der Waals surface area contributed by atoms with E-state index in [2.05, 4.69) is 15.5 Å². The van der Waals surface area contributed by atoms with Gasteiger partial charge in [0.25, 0.3) is 5.89 Å². The predicted octanol–water partition coefficient (Wildman–Crippen LogP) is 1.82. The summed E-state index contributed by atoms with van der Waals surface area (Å²) < 4.78 is 5.21. The first-order chi connectivity index (χ1) is 10.5. The number of aliphatic hydroxyl groups is 1. The van der Waals surface area contributed by atoms with E-state index in [4.69, 9.17) is 4.52 Å². The maximum absolute atomic E-state index is 12.0.